The number of hydrogen-bond acceptors (Lipinski definition) is 8. The SMILES string of the molecule is COCC(=O)NCc1cccc(NC(=O)COc2cccc3c2C(=O)N(C2CCC(=O)NC2=O)C3=O)c1. The van der Waals surface area contributed by atoms with Gasteiger partial charge in [0.15, 0.2) is 6.61 Å². The van der Waals surface area contributed by atoms with Crippen molar-refractivity contribution in [3.8, 4) is 5.75 Å². The van der Waals surface area contributed by atoms with Crippen LogP contribution in [0.3, 0.4) is 0 Å². The predicted octanol–water partition coefficient (Wildman–Crippen LogP) is 0.368. The molecular formula is C25H24N4O8. The van der Waals surface area contributed by atoms with Gasteiger partial charge in [0, 0.05) is 25.8 Å². The lowest BCUT2D eigenvalue weighted by Crippen LogP contribution is -2.54. The van der Waals surface area contributed by atoms with E-state index in [0.717, 1.165) is 10.5 Å². The summed E-state index contributed by atoms with van der Waals surface area (Å²) >= 11 is 0. The third-order valence-corrected chi connectivity index (χ3v) is 5.76. The molecule has 2 heterocycles. The molecule has 0 spiro atoms. The quantitative estimate of drug-likeness (QED) is 0.410. The lowest BCUT2D eigenvalue weighted by atomic mass is 10.0. The van der Waals surface area contributed by atoms with E-state index >= 15 is 0 Å². The van der Waals surface area contributed by atoms with Crippen molar-refractivity contribution in [3.63, 3.8) is 0 Å². The van der Waals surface area contributed by atoms with Crippen molar-refractivity contribution in [2.24, 2.45) is 0 Å². The van der Waals surface area contributed by atoms with Gasteiger partial charge >= 0.3 is 0 Å². The Bertz CT molecular complexity index is 1290. The monoisotopic (exact) mass is 508 g/mol. The van der Waals surface area contributed by atoms with E-state index in [2.05, 4.69) is 16.0 Å². The number of anilines is 1. The third kappa shape index (κ3) is 5.64. The second-order valence-electron chi connectivity index (χ2n) is 8.37. The van der Waals surface area contributed by atoms with E-state index in [1.165, 1.54) is 25.3 Å². The second-order valence-corrected chi connectivity index (χ2v) is 8.37. The molecule has 2 aliphatic rings. The number of fused-ring (bicyclic) bond motifs is 1. The molecule has 0 radical (unpaired) electrons. The molecule has 1 saturated heterocycles. The van der Waals surface area contributed by atoms with Gasteiger partial charge in [-0.3, -0.25) is 39.0 Å². The van der Waals surface area contributed by atoms with Gasteiger partial charge in [-0.1, -0.05) is 18.2 Å². The molecule has 2 aromatic rings. The lowest BCUT2D eigenvalue weighted by molar-refractivity contribution is -0.136. The number of carbonyl (C=O) groups excluding carboxylic acids is 6. The summed E-state index contributed by atoms with van der Waals surface area (Å²) in [5.74, 6) is -3.34. The zero-order chi connectivity index (χ0) is 26.5. The molecule has 12 nitrogen and oxygen atoms in total. The fourth-order valence-corrected chi connectivity index (χ4v) is 4.09. The summed E-state index contributed by atoms with van der Waals surface area (Å²) in [4.78, 5) is 74.6. The van der Waals surface area contributed by atoms with E-state index in [1.807, 2.05) is 0 Å². The first kappa shape index (κ1) is 25.5. The molecule has 0 saturated carbocycles. The van der Waals surface area contributed by atoms with Crippen molar-refractivity contribution in [2.75, 3.05) is 25.6 Å². The minimum Gasteiger partial charge on any atom is -0.483 e. The molecule has 192 valence electrons. The second kappa shape index (κ2) is 11.0. The van der Waals surface area contributed by atoms with Crippen LogP contribution in [0.25, 0.3) is 0 Å². The van der Waals surface area contributed by atoms with Crippen LogP contribution in [-0.4, -0.2) is 66.7 Å². The van der Waals surface area contributed by atoms with Crippen LogP contribution in [0.2, 0.25) is 0 Å². The smallest absolute Gasteiger partial charge is 0.266 e. The van der Waals surface area contributed by atoms with Crippen molar-refractivity contribution >= 4 is 41.1 Å². The molecule has 2 aromatic carbocycles. The number of benzene rings is 2. The summed E-state index contributed by atoms with van der Waals surface area (Å²) in [5.41, 5.74) is 1.23. The van der Waals surface area contributed by atoms with E-state index < -0.39 is 42.2 Å². The van der Waals surface area contributed by atoms with Crippen LogP contribution in [0, 0.1) is 0 Å². The molecule has 37 heavy (non-hydrogen) atoms. The van der Waals surface area contributed by atoms with E-state index in [4.69, 9.17) is 9.47 Å². The van der Waals surface area contributed by atoms with Gasteiger partial charge in [0.25, 0.3) is 17.7 Å². The summed E-state index contributed by atoms with van der Waals surface area (Å²) in [6, 6.07) is 10.1. The molecule has 4 rings (SSSR count). The van der Waals surface area contributed by atoms with Gasteiger partial charge in [-0.15, -0.1) is 0 Å². The van der Waals surface area contributed by atoms with Crippen molar-refractivity contribution in [1.82, 2.24) is 15.5 Å². The van der Waals surface area contributed by atoms with Crippen LogP contribution >= 0.6 is 0 Å². The summed E-state index contributed by atoms with van der Waals surface area (Å²) in [6.45, 7) is -0.264. The van der Waals surface area contributed by atoms with Gasteiger partial charge in [0.1, 0.15) is 18.4 Å². The number of ether oxygens (including phenoxy) is 2. The van der Waals surface area contributed by atoms with Gasteiger partial charge in [-0.25, -0.2) is 0 Å². The number of methoxy groups -OCH3 is 1. The number of imide groups is 2. The third-order valence-electron chi connectivity index (χ3n) is 5.76. The summed E-state index contributed by atoms with van der Waals surface area (Å²) in [6.07, 6.45) is 0.0396. The van der Waals surface area contributed by atoms with Crippen LogP contribution < -0.4 is 20.7 Å². The largest absolute Gasteiger partial charge is 0.483 e. The van der Waals surface area contributed by atoms with Crippen LogP contribution in [0.4, 0.5) is 5.69 Å². The van der Waals surface area contributed by atoms with Crippen molar-refractivity contribution in [2.45, 2.75) is 25.4 Å². The maximum absolute atomic E-state index is 13.1. The van der Waals surface area contributed by atoms with Crippen molar-refractivity contribution in [3.05, 3.63) is 59.2 Å². The number of amides is 6. The standard InChI is InChI=1S/C25H24N4O8/c1-36-12-20(31)26-11-14-4-2-5-15(10-14)27-21(32)13-37-18-7-3-6-16-22(18)25(35)29(24(16)34)17-8-9-19(30)28-23(17)33/h2-7,10,17H,8-9,11-13H2,1H3,(H,26,31)(H,27,32)(H,28,30,33). The zero-order valence-corrected chi connectivity index (χ0v) is 19.9. The van der Waals surface area contributed by atoms with Crippen LogP contribution in [0.15, 0.2) is 42.5 Å². The molecule has 12 heteroatoms. The maximum atomic E-state index is 13.1. The number of nitrogens with one attached hydrogen (secondary N) is 3. The van der Waals surface area contributed by atoms with Crippen LogP contribution in [0.5, 0.6) is 5.75 Å². The molecule has 1 unspecified atom stereocenters. The molecule has 6 amide bonds. The lowest BCUT2D eigenvalue weighted by Gasteiger charge is -2.27. The Morgan fingerprint density at radius 2 is 1.81 bits per heavy atom. The fourth-order valence-electron chi connectivity index (χ4n) is 4.09. The van der Waals surface area contributed by atoms with Gasteiger partial charge in [0.2, 0.25) is 17.7 Å². The topological polar surface area (TPSA) is 160 Å². The highest BCUT2D eigenvalue weighted by atomic mass is 16.5. The number of piperidine rings is 1. The first-order valence-electron chi connectivity index (χ1n) is 11.4. The van der Waals surface area contributed by atoms with Crippen molar-refractivity contribution < 1.29 is 38.2 Å². The summed E-state index contributed by atoms with van der Waals surface area (Å²) in [7, 11) is 1.42. The molecule has 0 aromatic heterocycles. The molecule has 1 atom stereocenters. The predicted molar refractivity (Wildman–Crippen MR) is 127 cm³/mol. The molecule has 0 bridgehead atoms. The molecular weight excluding hydrogens is 484 g/mol. The first-order chi connectivity index (χ1) is 17.8. The molecule has 3 N–H and O–H groups in total. The Labute approximate surface area is 211 Å². The van der Waals surface area contributed by atoms with Gasteiger partial charge < -0.3 is 20.1 Å². The van der Waals surface area contributed by atoms with Crippen molar-refractivity contribution in [1.29, 1.82) is 0 Å². The molecule has 2 aliphatic heterocycles. The highest BCUT2D eigenvalue weighted by molar-refractivity contribution is 6.24. The Morgan fingerprint density at radius 3 is 2.57 bits per heavy atom. The Balaban J connectivity index is 1.40. The van der Waals surface area contributed by atoms with E-state index in [9.17, 15) is 28.8 Å². The number of carbonyl (C=O) groups is 6. The summed E-state index contributed by atoms with van der Waals surface area (Å²) in [5, 5.41) is 7.50. The molecule has 1 fully saturated rings. The fraction of sp³-hybridized carbons (Fsp3) is 0.280. The van der Waals surface area contributed by atoms with E-state index in [0.29, 0.717) is 5.69 Å². The maximum Gasteiger partial charge on any atom is 0.266 e. The highest BCUT2D eigenvalue weighted by Gasteiger charge is 2.46. The first-order valence-corrected chi connectivity index (χ1v) is 11.4. The Morgan fingerprint density at radius 1 is 1.03 bits per heavy atom. The van der Waals surface area contributed by atoms with Crippen LogP contribution in [-0.2, 0) is 30.5 Å². The van der Waals surface area contributed by atoms with Gasteiger partial charge in [-0.05, 0) is 36.2 Å². The molecule has 0 aliphatic carbocycles. The highest BCUT2D eigenvalue weighted by Crippen LogP contribution is 2.33. The number of rotatable bonds is 9. The Hall–Kier alpha value is -4.58. The normalized spacial score (nSPS) is 16.8. The van der Waals surface area contributed by atoms with Crippen LogP contribution in [0.1, 0.15) is 39.1 Å². The zero-order valence-electron chi connectivity index (χ0n) is 19.9. The Kier molecular flexibility index (Phi) is 7.58. The average molecular weight is 508 g/mol. The number of hydrogen-bond donors (Lipinski definition) is 3. The number of nitrogens with zero attached hydrogens (tertiary/aromatic N) is 1. The minimum absolute atomic E-state index is 0.00800. The van der Waals surface area contributed by atoms with Gasteiger partial charge in [-0.2, -0.15) is 0 Å². The summed E-state index contributed by atoms with van der Waals surface area (Å²) < 4.78 is 10.3. The minimum atomic E-state index is -1.10. The van der Waals surface area contributed by atoms with E-state index in [-0.39, 0.29) is 48.8 Å². The van der Waals surface area contributed by atoms with E-state index in [1.54, 1.807) is 24.3 Å². The average Bonchev–Trinajstić information content (AvgIpc) is 3.12. The van der Waals surface area contributed by atoms with Gasteiger partial charge in [0.05, 0.1) is 11.1 Å².